The zero-order valence-electron chi connectivity index (χ0n) is 11.2. The van der Waals surface area contributed by atoms with Crippen LogP contribution in [-0.4, -0.2) is 15.9 Å². The number of carbonyl (C=O) groups excluding carboxylic acids is 1. The SMILES string of the molecule is CCc1cnc(CNC(=O)C2(C(N)=S)CC(C)C2)s1. The number of hydrogen-bond donors (Lipinski definition) is 2. The molecule has 1 aliphatic carbocycles. The van der Waals surface area contributed by atoms with E-state index in [-0.39, 0.29) is 5.91 Å². The molecule has 2 rings (SSSR count). The highest BCUT2D eigenvalue weighted by molar-refractivity contribution is 7.80. The van der Waals surface area contributed by atoms with Crippen LogP contribution in [0.15, 0.2) is 6.20 Å². The zero-order chi connectivity index (χ0) is 14.0. The fraction of sp³-hybridized carbons (Fsp3) is 0.615. The normalized spacial score (nSPS) is 25.7. The van der Waals surface area contributed by atoms with Crippen LogP contribution in [-0.2, 0) is 17.8 Å². The molecule has 104 valence electrons. The fourth-order valence-electron chi connectivity index (χ4n) is 2.55. The van der Waals surface area contributed by atoms with Gasteiger partial charge >= 0.3 is 0 Å². The van der Waals surface area contributed by atoms with Crippen molar-refractivity contribution in [2.24, 2.45) is 17.1 Å². The Labute approximate surface area is 122 Å². The standard InChI is InChI=1S/C13H19N3OS2/c1-3-9-6-15-10(19-9)7-16-12(17)13(11(14)18)4-8(2)5-13/h6,8H,3-5,7H2,1-2H3,(H2,14,18)(H,16,17). The minimum absolute atomic E-state index is 0.0497. The third-order valence-corrected chi connectivity index (χ3v) is 5.18. The molecule has 4 nitrogen and oxygen atoms in total. The maximum Gasteiger partial charge on any atom is 0.233 e. The summed E-state index contributed by atoms with van der Waals surface area (Å²) in [7, 11) is 0. The number of carbonyl (C=O) groups is 1. The van der Waals surface area contributed by atoms with Gasteiger partial charge in [-0.25, -0.2) is 4.98 Å². The minimum Gasteiger partial charge on any atom is -0.392 e. The van der Waals surface area contributed by atoms with Crippen LogP contribution in [0.4, 0.5) is 0 Å². The Kier molecular flexibility index (Phi) is 4.20. The summed E-state index contributed by atoms with van der Waals surface area (Å²) in [6.07, 6.45) is 4.35. The molecule has 0 unspecified atom stereocenters. The van der Waals surface area contributed by atoms with Gasteiger partial charge in [0.2, 0.25) is 5.91 Å². The van der Waals surface area contributed by atoms with Crippen LogP contribution in [0.25, 0.3) is 0 Å². The Morgan fingerprint density at radius 2 is 2.37 bits per heavy atom. The van der Waals surface area contributed by atoms with Crippen LogP contribution in [0.1, 0.15) is 36.6 Å². The second-order valence-corrected chi connectivity index (χ2v) is 6.86. The van der Waals surface area contributed by atoms with Crippen LogP contribution in [0.5, 0.6) is 0 Å². The van der Waals surface area contributed by atoms with Crippen LogP contribution < -0.4 is 11.1 Å². The number of amides is 1. The molecule has 0 aromatic carbocycles. The van der Waals surface area contributed by atoms with Crippen LogP contribution in [0.3, 0.4) is 0 Å². The third-order valence-electron chi connectivity index (χ3n) is 3.65. The highest BCUT2D eigenvalue weighted by Crippen LogP contribution is 2.46. The van der Waals surface area contributed by atoms with Crippen molar-refractivity contribution in [1.82, 2.24) is 10.3 Å². The molecule has 0 bridgehead atoms. The molecule has 1 amide bonds. The minimum atomic E-state index is -0.625. The second kappa shape index (κ2) is 5.54. The van der Waals surface area contributed by atoms with Gasteiger partial charge in [0.15, 0.2) is 0 Å². The van der Waals surface area contributed by atoms with Gasteiger partial charge in [0, 0.05) is 11.1 Å². The lowest BCUT2D eigenvalue weighted by Gasteiger charge is -2.44. The average Bonchev–Trinajstić information content (AvgIpc) is 2.79. The Morgan fingerprint density at radius 3 is 2.84 bits per heavy atom. The van der Waals surface area contributed by atoms with E-state index < -0.39 is 5.41 Å². The van der Waals surface area contributed by atoms with Gasteiger partial charge in [-0.2, -0.15) is 0 Å². The number of aryl methyl sites for hydroxylation is 1. The highest BCUT2D eigenvalue weighted by atomic mass is 32.1. The summed E-state index contributed by atoms with van der Waals surface area (Å²) in [5, 5.41) is 3.85. The fourth-order valence-corrected chi connectivity index (χ4v) is 3.61. The largest absolute Gasteiger partial charge is 0.392 e. The number of nitrogens with zero attached hydrogens (tertiary/aromatic N) is 1. The number of thiocarbonyl (C=S) groups is 1. The van der Waals surface area contributed by atoms with Crippen molar-refractivity contribution < 1.29 is 4.79 Å². The molecular formula is C13H19N3OS2. The number of hydrogen-bond acceptors (Lipinski definition) is 4. The number of nitrogens with two attached hydrogens (primary N) is 1. The van der Waals surface area contributed by atoms with E-state index in [0.29, 0.717) is 17.5 Å². The number of thiazole rings is 1. The molecule has 0 radical (unpaired) electrons. The average molecular weight is 297 g/mol. The molecule has 1 fully saturated rings. The molecule has 0 saturated heterocycles. The molecule has 0 spiro atoms. The molecule has 1 saturated carbocycles. The predicted molar refractivity (Wildman–Crippen MR) is 81.0 cm³/mol. The van der Waals surface area contributed by atoms with Gasteiger partial charge in [-0.15, -0.1) is 11.3 Å². The first-order valence-corrected chi connectivity index (χ1v) is 7.72. The Hall–Kier alpha value is -1.01. The molecule has 1 aromatic rings. The second-order valence-electron chi connectivity index (χ2n) is 5.22. The van der Waals surface area contributed by atoms with Crippen LogP contribution >= 0.6 is 23.6 Å². The number of nitrogens with one attached hydrogen (secondary N) is 1. The first-order valence-electron chi connectivity index (χ1n) is 6.49. The molecule has 1 aromatic heterocycles. The molecule has 0 aliphatic heterocycles. The quantitative estimate of drug-likeness (QED) is 0.816. The maximum atomic E-state index is 12.3. The Bertz CT molecular complexity index is 492. The van der Waals surface area contributed by atoms with Gasteiger partial charge < -0.3 is 11.1 Å². The summed E-state index contributed by atoms with van der Waals surface area (Å²) in [5.41, 5.74) is 5.12. The van der Waals surface area contributed by atoms with Gasteiger partial charge in [-0.3, -0.25) is 4.79 Å². The topological polar surface area (TPSA) is 68.0 Å². The first-order chi connectivity index (χ1) is 8.98. The van der Waals surface area contributed by atoms with Crippen molar-refractivity contribution in [2.75, 3.05) is 0 Å². The van der Waals surface area contributed by atoms with E-state index in [1.165, 1.54) is 4.88 Å². The summed E-state index contributed by atoms with van der Waals surface area (Å²) >= 11 is 6.70. The number of rotatable bonds is 5. The lowest BCUT2D eigenvalue weighted by molar-refractivity contribution is -0.133. The van der Waals surface area contributed by atoms with Gasteiger partial charge in [-0.1, -0.05) is 26.1 Å². The van der Waals surface area contributed by atoms with Gasteiger partial charge in [0.25, 0.3) is 0 Å². The van der Waals surface area contributed by atoms with E-state index in [1.54, 1.807) is 11.3 Å². The molecular weight excluding hydrogens is 278 g/mol. The summed E-state index contributed by atoms with van der Waals surface area (Å²) in [5.74, 6) is 0.463. The monoisotopic (exact) mass is 297 g/mol. The van der Waals surface area contributed by atoms with Gasteiger partial charge in [0.05, 0.1) is 16.9 Å². The van der Waals surface area contributed by atoms with Crippen LogP contribution in [0.2, 0.25) is 0 Å². The molecule has 19 heavy (non-hydrogen) atoms. The van der Waals surface area contributed by atoms with Crippen molar-refractivity contribution >= 4 is 34.5 Å². The van der Waals surface area contributed by atoms with E-state index in [4.69, 9.17) is 18.0 Å². The summed E-state index contributed by atoms with van der Waals surface area (Å²) in [6.45, 7) is 4.66. The lowest BCUT2D eigenvalue weighted by atomic mass is 9.62. The van der Waals surface area contributed by atoms with E-state index in [2.05, 4.69) is 24.1 Å². The number of aromatic nitrogens is 1. The summed E-state index contributed by atoms with van der Waals surface area (Å²) in [4.78, 5) is 18.1. The zero-order valence-corrected chi connectivity index (χ0v) is 12.9. The summed E-state index contributed by atoms with van der Waals surface area (Å²) < 4.78 is 0. The van der Waals surface area contributed by atoms with Crippen molar-refractivity contribution in [3.05, 3.63) is 16.1 Å². The molecule has 6 heteroatoms. The molecule has 3 N–H and O–H groups in total. The van der Waals surface area contributed by atoms with Crippen molar-refractivity contribution in [2.45, 2.75) is 39.7 Å². The third kappa shape index (κ3) is 2.79. The maximum absolute atomic E-state index is 12.3. The van der Waals surface area contributed by atoms with Crippen molar-refractivity contribution in [3.8, 4) is 0 Å². The molecule has 0 atom stereocenters. The van der Waals surface area contributed by atoms with Gasteiger partial charge in [-0.05, 0) is 25.2 Å². The van der Waals surface area contributed by atoms with Crippen LogP contribution in [0, 0.1) is 11.3 Å². The van der Waals surface area contributed by atoms with Crippen molar-refractivity contribution in [3.63, 3.8) is 0 Å². The van der Waals surface area contributed by atoms with E-state index in [1.807, 2.05) is 6.20 Å². The van der Waals surface area contributed by atoms with Gasteiger partial charge in [0.1, 0.15) is 5.01 Å². The molecule has 1 aliphatic rings. The Balaban J connectivity index is 1.95. The first kappa shape index (κ1) is 14.4. The molecule has 1 heterocycles. The highest BCUT2D eigenvalue weighted by Gasteiger charge is 2.50. The van der Waals surface area contributed by atoms with E-state index >= 15 is 0 Å². The van der Waals surface area contributed by atoms with E-state index in [9.17, 15) is 4.79 Å². The van der Waals surface area contributed by atoms with E-state index in [0.717, 1.165) is 24.3 Å². The Morgan fingerprint density at radius 1 is 1.68 bits per heavy atom. The smallest absolute Gasteiger partial charge is 0.233 e. The predicted octanol–water partition coefficient (Wildman–Crippen LogP) is 2.02. The lowest BCUT2D eigenvalue weighted by Crippen LogP contribution is -2.55. The summed E-state index contributed by atoms with van der Waals surface area (Å²) in [6, 6.07) is 0. The van der Waals surface area contributed by atoms with Crippen molar-refractivity contribution in [1.29, 1.82) is 0 Å².